The number of nitrogens with zero attached hydrogens (tertiary/aromatic N) is 3. The second-order valence-electron chi connectivity index (χ2n) is 7.78. The van der Waals surface area contributed by atoms with E-state index in [-0.39, 0.29) is 13.1 Å². The molecule has 2 heterocycles. The maximum absolute atomic E-state index is 15.4. The Morgan fingerprint density at radius 1 is 0.919 bits per heavy atom. The maximum Gasteiger partial charge on any atom is 0.337 e. The number of aromatic carboxylic acids is 1. The van der Waals surface area contributed by atoms with Gasteiger partial charge in [-0.05, 0) is 77.2 Å². The number of benzene rings is 2. The molecule has 0 bridgehead atoms. The molecule has 0 unspecified atom stereocenters. The van der Waals surface area contributed by atoms with Gasteiger partial charge in [0.25, 0.3) is 0 Å². The van der Waals surface area contributed by atoms with Gasteiger partial charge in [0.2, 0.25) is 10.0 Å². The molecule has 0 atom stereocenters. The van der Waals surface area contributed by atoms with E-state index in [9.17, 15) is 18.3 Å². The summed E-state index contributed by atoms with van der Waals surface area (Å²) in [7, 11) is -4.76. The summed E-state index contributed by atoms with van der Waals surface area (Å²) in [5.74, 6) is -4.97. The topological polar surface area (TPSA) is 112 Å². The summed E-state index contributed by atoms with van der Waals surface area (Å²) in [4.78, 5) is 19.1. The molecule has 190 valence electrons. The van der Waals surface area contributed by atoms with Gasteiger partial charge in [0.15, 0.2) is 11.6 Å². The predicted molar refractivity (Wildman–Crippen MR) is 141 cm³/mol. The van der Waals surface area contributed by atoms with Gasteiger partial charge in [-0.1, -0.05) is 12.1 Å². The van der Waals surface area contributed by atoms with Gasteiger partial charge in [-0.15, -0.1) is 0 Å². The number of sulfonamides is 1. The van der Waals surface area contributed by atoms with Gasteiger partial charge >= 0.3 is 5.97 Å². The molecule has 0 aliphatic rings. The van der Waals surface area contributed by atoms with E-state index in [1.807, 2.05) is 0 Å². The van der Waals surface area contributed by atoms with Crippen LogP contribution in [-0.2, 0) is 23.1 Å². The van der Waals surface area contributed by atoms with Crippen LogP contribution >= 0.6 is 22.6 Å². The van der Waals surface area contributed by atoms with Crippen molar-refractivity contribution in [2.75, 3.05) is 5.32 Å². The molecule has 2 N–H and O–H groups in total. The number of anilines is 2. The van der Waals surface area contributed by atoms with E-state index in [2.05, 4.69) is 37.9 Å². The molecule has 4 aromatic rings. The lowest BCUT2D eigenvalue weighted by atomic mass is 10.1. The van der Waals surface area contributed by atoms with Crippen molar-refractivity contribution in [3.05, 3.63) is 111 Å². The molecular weight excluding hydrogens is 617 g/mol. The van der Waals surface area contributed by atoms with Gasteiger partial charge < -0.3 is 10.4 Å². The lowest BCUT2D eigenvalue weighted by Crippen LogP contribution is -2.32. The first-order valence-corrected chi connectivity index (χ1v) is 13.3. The lowest BCUT2D eigenvalue weighted by Gasteiger charge is -2.23. The summed E-state index contributed by atoms with van der Waals surface area (Å²) in [6.07, 6.45) is 2.93. The minimum Gasteiger partial charge on any atom is -0.478 e. The summed E-state index contributed by atoms with van der Waals surface area (Å²) in [6.45, 7) is -0.572. The quantitative estimate of drug-likeness (QED) is 0.243. The lowest BCUT2D eigenvalue weighted by molar-refractivity contribution is 0.0697. The molecule has 0 radical (unpaired) electrons. The normalized spacial score (nSPS) is 11.5. The van der Waals surface area contributed by atoms with Crippen LogP contribution < -0.4 is 5.32 Å². The number of pyridine rings is 2. The second kappa shape index (κ2) is 11.3. The molecule has 2 aromatic carbocycles. The monoisotopic (exact) mass is 636 g/mol. The van der Waals surface area contributed by atoms with E-state index < -0.39 is 43.8 Å². The highest BCUT2D eigenvalue weighted by Crippen LogP contribution is 2.33. The van der Waals surface area contributed by atoms with E-state index in [4.69, 9.17) is 0 Å². The third-order valence-corrected chi connectivity index (χ3v) is 7.77. The van der Waals surface area contributed by atoms with E-state index in [0.717, 1.165) is 7.88 Å². The molecule has 0 aliphatic carbocycles. The summed E-state index contributed by atoms with van der Waals surface area (Å²) in [5.41, 5.74) is -0.446. The number of hydrogen-bond acceptors (Lipinski definition) is 6. The van der Waals surface area contributed by atoms with E-state index in [1.165, 1.54) is 12.4 Å². The van der Waals surface area contributed by atoms with Crippen LogP contribution in [-0.4, -0.2) is 33.8 Å². The van der Waals surface area contributed by atoms with E-state index in [1.54, 1.807) is 60.7 Å². The van der Waals surface area contributed by atoms with Crippen LogP contribution in [0.4, 0.5) is 20.2 Å². The average Bonchev–Trinajstić information content (AvgIpc) is 2.88. The number of aromatic nitrogens is 2. The molecule has 0 saturated heterocycles. The van der Waals surface area contributed by atoms with Crippen molar-refractivity contribution in [2.45, 2.75) is 18.0 Å². The van der Waals surface area contributed by atoms with Crippen molar-refractivity contribution in [3.8, 4) is 0 Å². The van der Waals surface area contributed by atoms with Gasteiger partial charge in [-0.2, -0.15) is 4.31 Å². The Morgan fingerprint density at radius 3 is 1.97 bits per heavy atom. The highest BCUT2D eigenvalue weighted by Gasteiger charge is 2.33. The molecule has 4 rings (SSSR count). The number of rotatable bonds is 9. The van der Waals surface area contributed by atoms with E-state index in [0.29, 0.717) is 23.1 Å². The number of carbonyl (C=O) groups is 1. The molecule has 0 fully saturated rings. The second-order valence-corrected chi connectivity index (χ2v) is 10.9. The van der Waals surface area contributed by atoms with Crippen molar-refractivity contribution in [2.24, 2.45) is 0 Å². The molecule has 0 aliphatic heterocycles. The summed E-state index contributed by atoms with van der Waals surface area (Å²) in [6, 6.07) is 16.9. The van der Waals surface area contributed by atoms with Crippen molar-refractivity contribution in [1.82, 2.24) is 14.3 Å². The van der Waals surface area contributed by atoms with Crippen molar-refractivity contribution < 1.29 is 27.1 Å². The highest BCUT2D eigenvalue weighted by molar-refractivity contribution is 14.1. The SMILES string of the molecule is O=C(O)c1cc(S(=O)(=O)N(Cc2ccccn2)Cc2ccccn2)c(F)c(F)c1Nc1ccc(I)cc1. The van der Waals surface area contributed by atoms with Crippen LogP contribution in [0.2, 0.25) is 0 Å². The van der Waals surface area contributed by atoms with Crippen LogP contribution in [0.15, 0.2) is 84.0 Å². The van der Waals surface area contributed by atoms with Crippen LogP contribution in [0.3, 0.4) is 0 Å². The molecule has 0 spiro atoms. The van der Waals surface area contributed by atoms with Crippen molar-refractivity contribution in [3.63, 3.8) is 0 Å². The van der Waals surface area contributed by atoms with Crippen molar-refractivity contribution in [1.29, 1.82) is 0 Å². The Balaban J connectivity index is 1.81. The van der Waals surface area contributed by atoms with Crippen LogP contribution in [0.25, 0.3) is 0 Å². The fraction of sp³-hybridized carbons (Fsp3) is 0.0800. The smallest absolute Gasteiger partial charge is 0.337 e. The summed E-state index contributed by atoms with van der Waals surface area (Å²) in [5, 5.41) is 12.3. The summed E-state index contributed by atoms with van der Waals surface area (Å²) >= 11 is 2.06. The number of halogens is 3. The first kappa shape index (κ1) is 26.6. The minimum atomic E-state index is -4.76. The van der Waals surface area contributed by atoms with Gasteiger partial charge in [0.1, 0.15) is 4.90 Å². The fourth-order valence-electron chi connectivity index (χ4n) is 3.47. The third-order valence-electron chi connectivity index (χ3n) is 5.26. The molecular formula is C25H19F2IN4O4S. The predicted octanol–water partition coefficient (Wildman–Crippen LogP) is 5.19. The van der Waals surface area contributed by atoms with Crippen molar-refractivity contribution >= 4 is 50.0 Å². The maximum atomic E-state index is 15.4. The zero-order valence-electron chi connectivity index (χ0n) is 19.0. The standard InChI is InChI=1S/C25H19F2IN4O4S/c26-22-21(13-20(25(33)34)24(23(22)27)31-17-9-7-16(28)8-10-17)37(35,36)32(14-18-5-1-3-11-29-18)15-19-6-2-4-12-30-19/h1-13,31H,14-15H2,(H,33,34). The van der Waals surface area contributed by atoms with Gasteiger partial charge in [-0.3, -0.25) is 9.97 Å². The first-order valence-electron chi connectivity index (χ1n) is 10.7. The highest BCUT2D eigenvalue weighted by atomic mass is 127. The molecule has 0 saturated carbocycles. The average molecular weight is 636 g/mol. The molecule has 12 heteroatoms. The Bertz CT molecular complexity index is 1480. The Kier molecular flexibility index (Phi) is 8.10. The molecule has 0 amide bonds. The van der Waals surface area contributed by atoms with Gasteiger partial charge in [0.05, 0.1) is 35.7 Å². The van der Waals surface area contributed by atoms with Gasteiger partial charge in [-0.25, -0.2) is 22.0 Å². The number of carboxylic acids is 1. The zero-order valence-corrected chi connectivity index (χ0v) is 21.9. The molecule has 2 aromatic heterocycles. The van der Waals surface area contributed by atoms with Gasteiger partial charge in [0, 0.05) is 21.7 Å². The fourth-order valence-corrected chi connectivity index (χ4v) is 5.29. The number of nitrogens with one attached hydrogen (secondary N) is 1. The zero-order chi connectivity index (χ0) is 26.6. The molecule has 8 nitrogen and oxygen atoms in total. The van der Waals surface area contributed by atoms with Crippen LogP contribution in [0.1, 0.15) is 21.7 Å². The van der Waals surface area contributed by atoms with Crippen LogP contribution in [0.5, 0.6) is 0 Å². The Hall–Kier alpha value is -3.49. The minimum absolute atomic E-state index is 0.286. The number of hydrogen-bond donors (Lipinski definition) is 2. The summed E-state index contributed by atoms with van der Waals surface area (Å²) < 4.78 is 59.7. The number of carboxylic acid groups (broad SMARTS) is 1. The van der Waals surface area contributed by atoms with Crippen LogP contribution in [0, 0.1) is 15.2 Å². The third kappa shape index (κ3) is 6.09. The Morgan fingerprint density at radius 2 is 1.49 bits per heavy atom. The molecule has 37 heavy (non-hydrogen) atoms. The van der Waals surface area contributed by atoms with E-state index >= 15 is 8.78 Å². The largest absolute Gasteiger partial charge is 0.478 e. The Labute approximate surface area is 225 Å². The first-order chi connectivity index (χ1) is 17.7.